The molecule has 2 aromatic rings. The Morgan fingerprint density at radius 1 is 1.30 bits per heavy atom. The molecule has 0 atom stereocenters. The molecule has 20 heavy (non-hydrogen) atoms. The van der Waals surface area contributed by atoms with E-state index in [1.165, 1.54) is 11.1 Å². The number of carbonyl (C=O) groups excluding carboxylic acids is 1. The average molecular weight is 271 g/mol. The van der Waals surface area contributed by atoms with Crippen LogP contribution in [0, 0.1) is 20.8 Å². The minimum Gasteiger partial charge on any atom is -0.352 e. The molecular weight excluding hydrogens is 250 g/mol. The highest BCUT2D eigenvalue weighted by molar-refractivity contribution is 5.76. The summed E-state index contributed by atoms with van der Waals surface area (Å²) in [7, 11) is 0. The van der Waals surface area contributed by atoms with Gasteiger partial charge in [-0.1, -0.05) is 29.8 Å². The highest BCUT2D eigenvalue weighted by atomic mass is 16.1. The number of benzene rings is 1. The lowest BCUT2D eigenvalue weighted by atomic mass is 10.1. The summed E-state index contributed by atoms with van der Waals surface area (Å²) in [5, 5.41) is 10.00. The Bertz CT molecular complexity index is 582. The molecule has 1 aromatic heterocycles. The molecule has 4 nitrogen and oxygen atoms in total. The molecule has 0 spiro atoms. The molecule has 0 bridgehead atoms. The molecule has 0 radical (unpaired) electrons. The number of aromatic nitrogens is 2. The molecule has 0 unspecified atom stereocenters. The maximum absolute atomic E-state index is 11.9. The summed E-state index contributed by atoms with van der Waals surface area (Å²) in [6.45, 7) is 6.51. The van der Waals surface area contributed by atoms with Crippen molar-refractivity contribution < 1.29 is 4.79 Å². The van der Waals surface area contributed by atoms with Crippen LogP contribution in [0.2, 0.25) is 0 Å². The van der Waals surface area contributed by atoms with Gasteiger partial charge in [0.25, 0.3) is 0 Å². The molecule has 1 heterocycles. The Balaban J connectivity index is 1.81. The van der Waals surface area contributed by atoms with E-state index in [1.54, 1.807) is 0 Å². The first kappa shape index (κ1) is 14.3. The number of rotatable bonds is 5. The first-order valence-corrected chi connectivity index (χ1v) is 6.89. The third kappa shape index (κ3) is 3.70. The Kier molecular flexibility index (Phi) is 4.56. The molecule has 1 amide bonds. The highest BCUT2D eigenvalue weighted by Gasteiger charge is 2.08. The van der Waals surface area contributed by atoms with Gasteiger partial charge in [0.15, 0.2) is 0 Å². The van der Waals surface area contributed by atoms with Crippen LogP contribution in [0.15, 0.2) is 24.3 Å². The number of amides is 1. The SMILES string of the molecule is Cc1cccc(CCC(=O)NCc2c(C)n[nH]c2C)c1. The molecule has 1 aromatic carbocycles. The van der Waals surface area contributed by atoms with Crippen LogP contribution < -0.4 is 5.32 Å². The van der Waals surface area contributed by atoms with Crippen molar-refractivity contribution in [2.75, 3.05) is 0 Å². The van der Waals surface area contributed by atoms with Gasteiger partial charge < -0.3 is 5.32 Å². The van der Waals surface area contributed by atoms with E-state index in [2.05, 4.69) is 40.6 Å². The lowest BCUT2D eigenvalue weighted by Crippen LogP contribution is -2.23. The molecule has 106 valence electrons. The van der Waals surface area contributed by atoms with E-state index in [-0.39, 0.29) is 5.91 Å². The van der Waals surface area contributed by atoms with E-state index in [4.69, 9.17) is 0 Å². The van der Waals surface area contributed by atoms with Crippen molar-refractivity contribution in [3.8, 4) is 0 Å². The van der Waals surface area contributed by atoms with Crippen molar-refractivity contribution in [2.24, 2.45) is 0 Å². The molecule has 0 saturated heterocycles. The van der Waals surface area contributed by atoms with E-state index >= 15 is 0 Å². The maximum atomic E-state index is 11.9. The largest absolute Gasteiger partial charge is 0.352 e. The predicted octanol–water partition coefficient (Wildman–Crippen LogP) is 2.58. The normalized spacial score (nSPS) is 10.6. The first-order valence-electron chi connectivity index (χ1n) is 6.89. The van der Waals surface area contributed by atoms with Gasteiger partial charge in [-0.3, -0.25) is 9.89 Å². The Hall–Kier alpha value is -2.10. The summed E-state index contributed by atoms with van der Waals surface area (Å²) in [5.41, 5.74) is 5.47. The van der Waals surface area contributed by atoms with Gasteiger partial charge in [-0.25, -0.2) is 0 Å². The number of nitrogens with one attached hydrogen (secondary N) is 2. The number of nitrogens with zero attached hydrogens (tertiary/aromatic N) is 1. The summed E-state index contributed by atoms with van der Waals surface area (Å²) in [4.78, 5) is 11.9. The molecule has 0 aliphatic rings. The lowest BCUT2D eigenvalue weighted by molar-refractivity contribution is -0.121. The third-order valence-corrected chi connectivity index (χ3v) is 3.47. The van der Waals surface area contributed by atoms with E-state index in [0.29, 0.717) is 13.0 Å². The van der Waals surface area contributed by atoms with Gasteiger partial charge >= 0.3 is 0 Å². The van der Waals surface area contributed by atoms with E-state index in [0.717, 1.165) is 23.4 Å². The first-order chi connectivity index (χ1) is 9.56. The van der Waals surface area contributed by atoms with Crippen molar-refractivity contribution in [2.45, 2.75) is 40.2 Å². The van der Waals surface area contributed by atoms with Crippen LogP contribution in [0.3, 0.4) is 0 Å². The summed E-state index contributed by atoms with van der Waals surface area (Å²) < 4.78 is 0. The number of hydrogen-bond acceptors (Lipinski definition) is 2. The van der Waals surface area contributed by atoms with Crippen LogP contribution in [0.4, 0.5) is 0 Å². The minimum atomic E-state index is 0.0755. The van der Waals surface area contributed by atoms with Crippen molar-refractivity contribution in [3.63, 3.8) is 0 Å². The topological polar surface area (TPSA) is 57.8 Å². The van der Waals surface area contributed by atoms with Gasteiger partial charge in [-0.05, 0) is 32.8 Å². The van der Waals surface area contributed by atoms with E-state index in [1.807, 2.05) is 19.9 Å². The van der Waals surface area contributed by atoms with Crippen molar-refractivity contribution >= 4 is 5.91 Å². The highest BCUT2D eigenvalue weighted by Crippen LogP contribution is 2.09. The van der Waals surface area contributed by atoms with Gasteiger partial charge in [0.2, 0.25) is 5.91 Å². The smallest absolute Gasteiger partial charge is 0.220 e. The minimum absolute atomic E-state index is 0.0755. The number of aryl methyl sites for hydroxylation is 4. The second kappa shape index (κ2) is 6.37. The Labute approximate surface area is 119 Å². The molecule has 0 fully saturated rings. The van der Waals surface area contributed by atoms with E-state index in [9.17, 15) is 4.79 Å². The maximum Gasteiger partial charge on any atom is 0.220 e. The molecule has 2 N–H and O–H groups in total. The van der Waals surface area contributed by atoms with Crippen LogP contribution in [0.5, 0.6) is 0 Å². The van der Waals surface area contributed by atoms with Gasteiger partial charge in [0, 0.05) is 24.2 Å². The summed E-state index contributed by atoms with van der Waals surface area (Å²) in [6, 6.07) is 8.27. The fourth-order valence-electron chi connectivity index (χ4n) is 2.24. The van der Waals surface area contributed by atoms with Crippen LogP contribution in [0.1, 0.15) is 34.5 Å². The molecule has 2 rings (SSSR count). The van der Waals surface area contributed by atoms with Crippen LogP contribution in [-0.2, 0) is 17.8 Å². The number of hydrogen-bond donors (Lipinski definition) is 2. The number of aromatic amines is 1. The standard InChI is InChI=1S/C16H21N3O/c1-11-5-4-6-14(9-11)7-8-16(20)17-10-15-12(2)18-19-13(15)3/h4-6,9H,7-8,10H2,1-3H3,(H,17,20)(H,18,19). The molecule has 0 aliphatic heterocycles. The summed E-state index contributed by atoms with van der Waals surface area (Å²) in [5.74, 6) is 0.0755. The van der Waals surface area contributed by atoms with Crippen LogP contribution in [0.25, 0.3) is 0 Å². The lowest BCUT2D eigenvalue weighted by Gasteiger charge is -2.06. The third-order valence-electron chi connectivity index (χ3n) is 3.47. The zero-order valence-corrected chi connectivity index (χ0v) is 12.3. The quantitative estimate of drug-likeness (QED) is 0.878. The summed E-state index contributed by atoms with van der Waals surface area (Å²) in [6.07, 6.45) is 1.29. The van der Waals surface area contributed by atoms with Crippen LogP contribution >= 0.6 is 0 Å². The van der Waals surface area contributed by atoms with Gasteiger partial charge in [-0.15, -0.1) is 0 Å². The average Bonchev–Trinajstić information content (AvgIpc) is 2.74. The molecular formula is C16H21N3O. The monoisotopic (exact) mass is 271 g/mol. The van der Waals surface area contributed by atoms with Crippen molar-refractivity contribution in [3.05, 3.63) is 52.3 Å². The van der Waals surface area contributed by atoms with Gasteiger partial charge in [0.1, 0.15) is 0 Å². The van der Waals surface area contributed by atoms with Crippen LogP contribution in [-0.4, -0.2) is 16.1 Å². The van der Waals surface area contributed by atoms with Crippen molar-refractivity contribution in [1.29, 1.82) is 0 Å². The zero-order chi connectivity index (χ0) is 14.5. The van der Waals surface area contributed by atoms with Crippen molar-refractivity contribution in [1.82, 2.24) is 15.5 Å². The van der Waals surface area contributed by atoms with Gasteiger partial charge in [-0.2, -0.15) is 5.10 Å². The van der Waals surface area contributed by atoms with E-state index < -0.39 is 0 Å². The molecule has 4 heteroatoms. The summed E-state index contributed by atoms with van der Waals surface area (Å²) >= 11 is 0. The number of H-pyrrole nitrogens is 1. The Morgan fingerprint density at radius 3 is 2.75 bits per heavy atom. The molecule has 0 saturated carbocycles. The zero-order valence-electron chi connectivity index (χ0n) is 12.3. The second-order valence-electron chi connectivity index (χ2n) is 5.18. The fourth-order valence-corrected chi connectivity index (χ4v) is 2.24. The number of carbonyl (C=O) groups is 1. The Morgan fingerprint density at radius 2 is 2.10 bits per heavy atom. The van der Waals surface area contributed by atoms with Gasteiger partial charge in [0.05, 0.1) is 5.69 Å². The predicted molar refractivity (Wildman–Crippen MR) is 79.4 cm³/mol. The molecule has 0 aliphatic carbocycles. The second-order valence-corrected chi connectivity index (χ2v) is 5.18. The fraction of sp³-hybridized carbons (Fsp3) is 0.375.